The van der Waals surface area contributed by atoms with Gasteiger partial charge in [0, 0.05) is 30.0 Å². The van der Waals surface area contributed by atoms with Gasteiger partial charge in [0.1, 0.15) is 0 Å². The van der Waals surface area contributed by atoms with Crippen LogP contribution in [0.4, 0.5) is 11.4 Å². The fourth-order valence-electron chi connectivity index (χ4n) is 2.37. The second-order valence-corrected chi connectivity index (χ2v) is 5.41. The molecule has 2 aromatic rings. The SMILES string of the molecule is C=CCNC(=O)CNc1ccc(C(=O)N(CC)c2ccccc2)cc1. The first kappa shape index (κ1) is 18.3. The monoisotopic (exact) mass is 337 g/mol. The summed E-state index contributed by atoms with van der Waals surface area (Å²) in [5.41, 5.74) is 2.26. The average Bonchev–Trinajstić information content (AvgIpc) is 2.66. The Kier molecular flexibility index (Phi) is 6.77. The zero-order valence-electron chi connectivity index (χ0n) is 14.4. The molecule has 0 fully saturated rings. The average molecular weight is 337 g/mol. The van der Waals surface area contributed by atoms with Gasteiger partial charge in [0.15, 0.2) is 0 Å². The van der Waals surface area contributed by atoms with Gasteiger partial charge in [0.25, 0.3) is 5.91 Å². The molecule has 130 valence electrons. The molecule has 0 saturated carbocycles. The number of hydrogen-bond acceptors (Lipinski definition) is 3. The number of anilines is 2. The van der Waals surface area contributed by atoms with Gasteiger partial charge >= 0.3 is 0 Å². The number of hydrogen-bond donors (Lipinski definition) is 2. The van der Waals surface area contributed by atoms with Gasteiger partial charge in [-0.2, -0.15) is 0 Å². The van der Waals surface area contributed by atoms with E-state index in [0.717, 1.165) is 11.4 Å². The van der Waals surface area contributed by atoms with Gasteiger partial charge in [-0.05, 0) is 43.3 Å². The number of nitrogens with one attached hydrogen (secondary N) is 2. The lowest BCUT2D eigenvalue weighted by molar-refractivity contribution is -0.119. The molecule has 0 heterocycles. The number of nitrogens with zero attached hydrogens (tertiary/aromatic N) is 1. The number of carbonyl (C=O) groups excluding carboxylic acids is 2. The molecule has 5 nitrogen and oxygen atoms in total. The van der Waals surface area contributed by atoms with Crippen molar-refractivity contribution in [3.8, 4) is 0 Å². The van der Waals surface area contributed by atoms with Crippen molar-refractivity contribution >= 4 is 23.2 Å². The molecule has 2 rings (SSSR count). The van der Waals surface area contributed by atoms with E-state index in [0.29, 0.717) is 18.7 Å². The van der Waals surface area contributed by atoms with Gasteiger partial charge in [0.05, 0.1) is 6.54 Å². The summed E-state index contributed by atoms with van der Waals surface area (Å²) in [5, 5.41) is 5.72. The van der Waals surface area contributed by atoms with E-state index in [1.807, 2.05) is 37.3 Å². The molecule has 0 unspecified atom stereocenters. The van der Waals surface area contributed by atoms with Crippen LogP contribution in [0.2, 0.25) is 0 Å². The van der Waals surface area contributed by atoms with Crippen LogP contribution in [0.5, 0.6) is 0 Å². The van der Waals surface area contributed by atoms with Crippen molar-refractivity contribution in [3.05, 3.63) is 72.8 Å². The number of carbonyl (C=O) groups is 2. The first-order valence-corrected chi connectivity index (χ1v) is 8.24. The van der Waals surface area contributed by atoms with Crippen molar-refractivity contribution in [1.29, 1.82) is 0 Å². The molecule has 2 aromatic carbocycles. The van der Waals surface area contributed by atoms with Gasteiger partial charge in [-0.3, -0.25) is 9.59 Å². The molecule has 0 aromatic heterocycles. The van der Waals surface area contributed by atoms with Crippen LogP contribution in [0.3, 0.4) is 0 Å². The maximum Gasteiger partial charge on any atom is 0.258 e. The Labute approximate surface area is 148 Å². The van der Waals surface area contributed by atoms with Crippen LogP contribution >= 0.6 is 0 Å². The summed E-state index contributed by atoms with van der Waals surface area (Å²) in [4.78, 5) is 26.0. The Morgan fingerprint density at radius 1 is 1.08 bits per heavy atom. The van der Waals surface area contributed by atoms with Crippen molar-refractivity contribution in [2.75, 3.05) is 29.9 Å². The van der Waals surface area contributed by atoms with E-state index in [-0.39, 0.29) is 18.4 Å². The molecule has 0 radical (unpaired) electrons. The fourth-order valence-corrected chi connectivity index (χ4v) is 2.37. The summed E-state index contributed by atoms with van der Waals surface area (Å²) in [5.74, 6) is -0.162. The molecule has 0 aliphatic heterocycles. The lowest BCUT2D eigenvalue weighted by atomic mass is 10.1. The van der Waals surface area contributed by atoms with Crippen LogP contribution in [-0.4, -0.2) is 31.4 Å². The Morgan fingerprint density at radius 3 is 2.36 bits per heavy atom. The summed E-state index contributed by atoms with van der Waals surface area (Å²) in [6, 6.07) is 16.7. The van der Waals surface area contributed by atoms with Crippen LogP contribution in [0, 0.1) is 0 Å². The molecule has 0 spiro atoms. The van der Waals surface area contributed by atoms with E-state index in [1.54, 1.807) is 35.2 Å². The van der Waals surface area contributed by atoms with Crippen molar-refractivity contribution in [1.82, 2.24) is 5.32 Å². The summed E-state index contributed by atoms with van der Waals surface area (Å²) in [6.07, 6.45) is 1.63. The second-order valence-electron chi connectivity index (χ2n) is 5.41. The molecule has 2 N–H and O–H groups in total. The van der Waals surface area contributed by atoms with Crippen molar-refractivity contribution in [2.45, 2.75) is 6.92 Å². The minimum atomic E-state index is -0.110. The zero-order valence-corrected chi connectivity index (χ0v) is 14.4. The normalized spacial score (nSPS) is 9.96. The van der Waals surface area contributed by atoms with Crippen molar-refractivity contribution in [2.24, 2.45) is 0 Å². The molecule has 2 amide bonds. The Balaban J connectivity index is 2.00. The van der Waals surface area contributed by atoms with Crippen LogP contribution in [0.15, 0.2) is 67.3 Å². The van der Waals surface area contributed by atoms with Crippen LogP contribution < -0.4 is 15.5 Å². The van der Waals surface area contributed by atoms with E-state index < -0.39 is 0 Å². The van der Waals surface area contributed by atoms with Crippen LogP contribution in [-0.2, 0) is 4.79 Å². The van der Waals surface area contributed by atoms with Gasteiger partial charge in [0.2, 0.25) is 5.91 Å². The highest BCUT2D eigenvalue weighted by Gasteiger charge is 2.15. The summed E-state index contributed by atoms with van der Waals surface area (Å²) >= 11 is 0. The Hall–Kier alpha value is -3.08. The number of benzene rings is 2. The van der Waals surface area contributed by atoms with Crippen LogP contribution in [0.1, 0.15) is 17.3 Å². The molecule has 0 aliphatic carbocycles. The minimum absolute atomic E-state index is 0.0519. The summed E-state index contributed by atoms with van der Waals surface area (Å²) in [6.45, 7) is 6.70. The quantitative estimate of drug-likeness (QED) is 0.728. The van der Waals surface area contributed by atoms with Gasteiger partial charge < -0.3 is 15.5 Å². The smallest absolute Gasteiger partial charge is 0.258 e. The molecule has 0 aliphatic rings. The van der Waals surface area contributed by atoms with Crippen LogP contribution in [0.25, 0.3) is 0 Å². The highest BCUT2D eigenvalue weighted by molar-refractivity contribution is 6.06. The summed E-state index contributed by atoms with van der Waals surface area (Å²) < 4.78 is 0. The third kappa shape index (κ3) is 5.21. The highest BCUT2D eigenvalue weighted by Crippen LogP contribution is 2.18. The van der Waals surface area contributed by atoms with E-state index in [1.165, 1.54) is 0 Å². The van der Waals surface area contributed by atoms with Gasteiger partial charge in [-0.1, -0.05) is 24.3 Å². The minimum Gasteiger partial charge on any atom is -0.376 e. The summed E-state index contributed by atoms with van der Waals surface area (Å²) in [7, 11) is 0. The first-order chi connectivity index (χ1) is 12.2. The third-order valence-electron chi connectivity index (χ3n) is 3.66. The van der Waals surface area contributed by atoms with E-state index in [2.05, 4.69) is 17.2 Å². The largest absolute Gasteiger partial charge is 0.376 e. The van der Waals surface area contributed by atoms with Crippen molar-refractivity contribution < 1.29 is 9.59 Å². The van der Waals surface area contributed by atoms with E-state index in [4.69, 9.17) is 0 Å². The van der Waals surface area contributed by atoms with E-state index in [9.17, 15) is 9.59 Å². The third-order valence-corrected chi connectivity index (χ3v) is 3.66. The number of rotatable bonds is 8. The number of para-hydroxylation sites is 1. The maximum absolute atomic E-state index is 12.7. The Bertz CT molecular complexity index is 711. The van der Waals surface area contributed by atoms with E-state index >= 15 is 0 Å². The predicted molar refractivity (Wildman–Crippen MR) is 102 cm³/mol. The van der Waals surface area contributed by atoms with Crippen molar-refractivity contribution in [3.63, 3.8) is 0 Å². The zero-order chi connectivity index (χ0) is 18.1. The molecule has 5 heteroatoms. The Morgan fingerprint density at radius 2 is 1.76 bits per heavy atom. The first-order valence-electron chi connectivity index (χ1n) is 8.24. The molecule has 0 atom stereocenters. The lowest BCUT2D eigenvalue weighted by Crippen LogP contribution is -2.30. The predicted octanol–water partition coefficient (Wildman–Crippen LogP) is 3.07. The van der Waals surface area contributed by atoms with Gasteiger partial charge in [-0.15, -0.1) is 6.58 Å². The topological polar surface area (TPSA) is 61.4 Å². The molecular weight excluding hydrogens is 314 g/mol. The lowest BCUT2D eigenvalue weighted by Gasteiger charge is -2.21. The molecular formula is C20H23N3O2. The molecule has 0 bridgehead atoms. The molecule has 0 saturated heterocycles. The highest BCUT2D eigenvalue weighted by atomic mass is 16.2. The second kappa shape index (κ2) is 9.27. The number of amides is 2. The standard InChI is InChI=1S/C20H23N3O2/c1-3-14-21-19(24)15-22-17-12-10-16(11-13-17)20(25)23(4-2)18-8-6-5-7-9-18/h3,5-13,22H,1,4,14-15H2,2H3,(H,21,24). The van der Waals surface area contributed by atoms with Gasteiger partial charge in [-0.25, -0.2) is 0 Å². The molecule has 25 heavy (non-hydrogen) atoms. The maximum atomic E-state index is 12.7. The fraction of sp³-hybridized carbons (Fsp3) is 0.200.